The molecule has 36 heavy (non-hydrogen) atoms. The number of aryl methyl sites for hydroxylation is 1. The van der Waals surface area contributed by atoms with Crippen LogP contribution < -0.4 is 14.8 Å². The van der Waals surface area contributed by atoms with E-state index in [1.165, 1.54) is 35.4 Å². The van der Waals surface area contributed by atoms with Gasteiger partial charge in [-0.1, -0.05) is 6.07 Å². The van der Waals surface area contributed by atoms with E-state index in [0.29, 0.717) is 17.0 Å². The lowest BCUT2D eigenvalue weighted by Crippen LogP contribution is -2.29. The van der Waals surface area contributed by atoms with Crippen molar-refractivity contribution in [2.45, 2.75) is 37.8 Å². The molecule has 186 valence electrons. The average molecular weight is 508 g/mol. The van der Waals surface area contributed by atoms with Crippen LogP contribution in [0.25, 0.3) is 5.76 Å². The molecule has 1 aliphatic rings. The van der Waals surface area contributed by atoms with Crippen LogP contribution in [0.4, 0.5) is 5.69 Å². The number of Topliss-reactive ketones (excluding diaryl/α,β-unsaturated/α-hetero) is 1. The first-order valence-electron chi connectivity index (χ1n) is 11.1. The van der Waals surface area contributed by atoms with E-state index in [0.717, 1.165) is 5.56 Å². The number of rotatable bonds is 6. The van der Waals surface area contributed by atoms with Crippen LogP contribution in [0.5, 0.6) is 5.75 Å². The summed E-state index contributed by atoms with van der Waals surface area (Å²) >= 11 is 0. The summed E-state index contributed by atoms with van der Waals surface area (Å²) in [6, 6.07) is 14.2. The quantitative estimate of drug-likeness (QED) is 0.296. The lowest BCUT2D eigenvalue weighted by molar-refractivity contribution is -0.132. The van der Waals surface area contributed by atoms with Gasteiger partial charge < -0.3 is 9.84 Å². The van der Waals surface area contributed by atoms with Gasteiger partial charge in [-0.3, -0.25) is 19.5 Å². The fourth-order valence-electron chi connectivity index (χ4n) is 4.05. The molecule has 1 unspecified atom stereocenters. The Labute approximate surface area is 208 Å². The topological polar surface area (TPSA) is 140 Å². The van der Waals surface area contributed by atoms with E-state index in [2.05, 4.69) is 4.98 Å². The Morgan fingerprint density at radius 3 is 2.33 bits per heavy atom. The summed E-state index contributed by atoms with van der Waals surface area (Å²) in [5.74, 6) is -1.49. The van der Waals surface area contributed by atoms with Gasteiger partial charge in [0.25, 0.3) is 11.7 Å². The highest BCUT2D eigenvalue weighted by atomic mass is 32.2. The van der Waals surface area contributed by atoms with Crippen LogP contribution in [-0.4, -0.2) is 36.3 Å². The second-order valence-corrected chi connectivity index (χ2v) is 10.2. The fraction of sp³-hybridized carbons (Fsp3) is 0.192. The lowest BCUT2D eigenvalue weighted by Gasteiger charge is -2.24. The molecule has 4 rings (SSSR count). The molecule has 0 aliphatic carbocycles. The number of aromatic nitrogens is 1. The average Bonchev–Trinajstić information content (AvgIpc) is 3.10. The van der Waals surface area contributed by atoms with Crippen molar-refractivity contribution in [3.63, 3.8) is 0 Å². The minimum atomic E-state index is -3.95. The number of benzene rings is 2. The Balaban J connectivity index is 1.87. The van der Waals surface area contributed by atoms with Crippen molar-refractivity contribution in [1.82, 2.24) is 4.98 Å². The van der Waals surface area contributed by atoms with E-state index in [4.69, 9.17) is 9.88 Å². The molecule has 1 aliphatic heterocycles. The third kappa shape index (κ3) is 4.73. The van der Waals surface area contributed by atoms with Crippen molar-refractivity contribution in [3.8, 4) is 5.75 Å². The zero-order valence-corrected chi connectivity index (χ0v) is 20.7. The van der Waals surface area contributed by atoms with Crippen molar-refractivity contribution in [1.29, 1.82) is 0 Å². The summed E-state index contributed by atoms with van der Waals surface area (Å²) in [7, 11) is -3.95. The number of nitrogens with zero attached hydrogens (tertiary/aromatic N) is 2. The number of sulfonamides is 1. The number of hydrogen-bond donors (Lipinski definition) is 2. The van der Waals surface area contributed by atoms with Gasteiger partial charge in [0.1, 0.15) is 17.6 Å². The molecule has 2 aromatic carbocycles. The first kappa shape index (κ1) is 25.1. The Bertz CT molecular complexity index is 1470. The van der Waals surface area contributed by atoms with Gasteiger partial charge in [-0.25, -0.2) is 13.6 Å². The van der Waals surface area contributed by atoms with Crippen LogP contribution in [0, 0.1) is 6.92 Å². The number of hydrogen-bond acceptors (Lipinski definition) is 7. The van der Waals surface area contributed by atoms with E-state index >= 15 is 0 Å². The maximum absolute atomic E-state index is 13.2. The summed E-state index contributed by atoms with van der Waals surface area (Å²) in [5, 5.41) is 16.4. The first-order chi connectivity index (χ1) is 17.0. The van der Waals surface area contributed by atoms with Gasteiger partial charge in [-0.15, -0.1) is 0 Å². The highest BCUT2D eigenvalue weighted by molar-refractivity contribution is 7.89. The number of aliphatic hydroxyl groups is 1. The number of aliphatic hydroxyl groups excluding tert-OH is 1. The molecule has 2 heterocycles. The molecule has 0 spiro atoms. The Kier molecular flexibility index (Phi) is 6.66. The first-order valence-corrected chi connectivity index (χ1v) is 12.7. The molecule has 10 heteroatoms. The molecule has 1 saturated heterocycles. The zero-order valence-electron chi connectivity index (χ0n) is 19.9. The largest absolute Gasteiger partial charge is 0.507 e. The van der Waals surface area contributed by atoms with Crippen LogP contribution in [0.3, 0.4) is 0 Å². The third-order valence-corrected chi connectivity index (χ3v) is 6.60. The van der Waals surface area contributed by atoms with Crippen LogP contribution in [-0.2, 0) is 19.6 Å². The molecule has 1 aromatic heterocycles. The minimum Gasteiger partial charge on any atom is -0.507 e. The van der Waals surface area contributed by atoms with Crippen LogP contribution >= 0.6 is 0 Å². The number of anilines is 1. The number of carbonyl (C=O) groups excluding carboxylic acids is 2. The van der Waals surface area contributed by atoms with Crippen molar-refractivity contribution in [3.05, 3.63) is 89.3 Å². The van der Waals surface area contributed by atoms with Gasteiger partial charge in [-0.05, 0) is 80.9 Å². The van der Waals surface area contributed by atoms with E-state index in [1.807, 2.05) is 20.8 Å². The number of pyridine rings is 1. The van der Waals surface area contributed by atoms with Crippen molar-refractivity contribution >= 4 is 33.2 Å². The fourth-order valence-corrected chi connectivity index (χ4v) is 4.57. The van der Waals surface area contributed by atoms with E-state index < -0.39 is 27.8 Å². The van der Waals surface area contributed by atoms with Crippen molar-refractivity contribution in [2.75, 3.05) is 4.90 Å². The molecule has 9 nitrogen and oxygen atoms in total. The highest BCUT2D eigenvalue weighted by Gasteiger charge is 2.47. The van der Waals surface area contributed by atoms with Crippen LogP contribution in [0.2, 0.25) is 0 Å². The van der Waals surface area contributed by atoms with Crippen LogP contribution in [0.1, 0.15) is 36.7 Å². The predicted molar refractivity (Wildman–Crippen MR) is 134 cm³/mol. The molecule has 3 N–H and O–H groups in total. The number of ether oxygens (including phenoxy) is 1. The smallest absolute Gasteiger partial charge is 0.300 e. The predicted octanol–water partition coefficient (Wildman–Crippen LogP) is 3.45. The second-order valence-electron chi connectivity index (χ2n) is 8.61. The number of carbonyl (C=O) groups is 2. The third-order valence-electron chi connectivity index (χ3n) is 5.67. The lowest BCUT2D eigenvalue weighted by atomic mass is 9.97. The maximum atomic E-state index is 13.2. The van der Waals surface area contributed by atoms with Gasteiger partial charge in [0.05, 0.1) is 22.3 Å². The van der Waals surface area contributed by atoms with Gasteiger partial charge in [0.2, 0.25) is 10.0 Å². The molecular formula is C26H25N3O6S. The molecule has 0 bridgehead atoms. The minimum absolute atomic E-state index is 0.0433. The number of ketones is 1. The van der Waals surface area contributed by atoms with E-state index in [1.54, 1.807) is 36.4 Å². The van der Waals surface area contributed by atoms with Crippen molar-refractivity contribution < 1.29 is 27.9 Å². The molecule has 1 fully saturated rings. The van der Waals surface area contributed by atoms with E-state index in [9.17, 15) is 23.1 Å². The summed E-state index contributed by atoms with van der Waals surface area (Å²) in [4.78, 5) is 31.8. The molecular weight excluding hydrogens is 482 g/mol. The Morgan fingerprint density at radius 2 is 1.78 bits per heavy atom. The number of amides is 1. The second kappa shape index (κ2) is 9.56. The summed E-state index contributed by atoms with van der Waals surface area (Å²) in [5.41, 5.74) is 1.55. The summed E-state index contributed by atoms with van der Waals surface area (Å²) in [6.07, 6.45) is 1.47. The van der Waals surface area contributed by atoms with Gasteiger partial charge in [-0.2, -0.15) is 0 Å². The molecule has 3 aromatic rings. The number of nitrogens with two attached hydrogens (primary N) is 1. The highest BCUT2D eigenvalue weighted by Crippen LogP contribution is 2.42. The van der Waals surface area contributed by atoms with Crippen molar-refractivity contribution in [2.24, 2.45) is 5.14 Å². The summed E-state index contributed by atoms with van der Waals surface area (Å²) in [6.45, 7) is 5.62. The Morgan fingerprint density at radius 1 is 1.08 bits per heavy atom. The monoisotopic (exact) mass is 507 g/mol. The number of primary sulfonamides is 1. The van der Waals surface area contributed by atoms with Gasteiger partial charge in [0, 0.05) is 17.4 Å². The molecule has 1 atom stereocenters. The standard InChI is InChI=1S/C26H25N3O6S/c1-15(2)35-21-12-7-17(14-16(21)3)24(30)22-23(20-6-4-5-13-28-20)29(26(32)25(22)31)18-8-10-19(11-9-18)36(27,33)34/h4-15,23,30H,1-3H3,(H2,27,33,34)/b24-22+. The maximum Gasteiger partial charge on any atom is 0.300 e. The molecule has 0 radical (unpaired) electrons. The van der Waals surface area contributed by atoms with Gasteiger partial charge >= 0.3 is 0 Å². The van der Waals surface area contributed by atoms with Crippen LogP contribution in [0.15, 0.2) is 77.3 Å². The SMILES string of the molecule is Cc1cc(/C(O)=C2\C(=O)C(=O)N(c3ccc(S(N)(=O)=O)cc3)C2c2ccccn2)ccc1OC(C)C. The summed E-state index contributed by atoms with van der Waals surface area (Å²) < 4.78 is 29.1. The Hall–Kier alpha value is -4.02. The van der Waals surface area contributed by atoms with E-state index in [-0.39, 0.29) is 28.0 Å². The molecule has 0 saturated carbocycles. The molecule has 1 amide bonds. The normalized spacial score (nSPS) is 17.6. The van der Waals surface area contributed by atoms with Gasteiger partial charge in [0.15, 0.2) is 0 Å². The zero-order chi connectivity index (χ0) is 26.2.